The molecule has 0 rings (SSSR count). The molecule has 0 unspecified atom stereocenters. The van der Waals surface area contributed by atoms with Gasteiger partial charge in [-0.15, -0.1) is 4.20 Å². The van der Waals surface area contributed by atoms with Crippen LogP contribution in [0.2, 0.25) is 0 Å². The molecule has 0 saturated heterocycles. The summed E-state index contributed by atoms with van der Waals surface area (Å²) in [5.74, 6) is 0.398. The van der Waals surface area contributed by atoms with Crippen molar-refractivity contribution in [3.8, 4) is 0 Å². The largest absolute Gasteiger partial charge is 1.00 e. The van der Waals surface area contributed by atoms with E-state index in [0.717, 1.165) is 0 Å². The van der Waals surface area contributed by atoms with Gasteiger partial charge in [0.15, 0.2) is 0 Å². The van der Waals surface area contributed by atoms with Crippen LogP contribution in [0.25, 0.3) is 0 Å². The normalized spacial score (nSPS) is 7.86. The van der Waals surface area contributed by atoms with Crippen LogP contribution in [0.3, 0.4) is 0 Å². The quantitative estimate of drug-likeness (QED) is 0.259. The van der Waals surface area contributed by atoms with Gasteiger partial charge in [-0.05, 0) is 5.92 Å². The third-order valence-corrected chi connectivity index (χ3v) is 1.41. The maximum atomic E-state index is 4.63. The predicted molar refractivity (Wildman–Crippen MR) is 34.8 cm³/mol. The van der Waals surface area contributed by atoms with Gasteiger partial charge in [-0.25, -0.2) is 0 Å². The molecular formula is C4H7KS2. The minimum Gasteiger partial charge on any atom is -0.433 e. The summed E-state index contributed by atoms with van der Waals surface area (Å²) in [6, 6.07) is 0. The fourth-order valence-electron chi connectivity index (χ4n) is 0. The van der Waals surface area contributed by atoms with Crippen LogP contribution in [0.15, 0.2) is 0 Å². The van der Waals surface area contributed by atoms with Crippen LogP contribution < -0.4 is 51.4 Å². The third kappa shape index (κ3) is 7.95. The predicted octanol–water partition coefficient (Wildman–Crippen LogP) is -1.48. The van der Waals surface area contributed by atoms with E-state index < -0.39 is 0 Å². The van der Waals surface area contributed by atoms with E-state index in [-0.39, 0.29) is 51.4 Å². The Kier molecular flexibility index (Phi) is 10.2. The molecule has 0 N–H and O–H groups in total. The van der Waals surface area contributed by atoms with Crippen LogP contribution in [0.1, 0.15) is 13.8 Å². The molecule has 0 aliphatic carbocycles. The number of rotatable bonds is 1. The average molecular weight is 158 g/mol. The molecule has 0 saturated carbocycles. The second-order valence-corrected chi connectivity index (χ2v) is 2.61. The fraction of sp³-hybridized carbons (Fsp3) is 0.750. The fourth-order valence-corrected chi connectivity index (χ4v) is 0. The Hall–Kier alpha value is 1.95. The Morgan fingerprint density at radius 2 is 1.71 bits per heavy atom. The smallest absolute Gasteiger partial charge is 0.433 e. The van der Waals surface area contributed by atoms with Crippen molar-refractivity contribution in [1.82, 2.24) is 0 Å². The first-order chi connectivity index (χ1) is 2.64. The molecule has 0 aromatic rings. The summed E-state index contributed by atoms with van der Waals surface area (Å²) < 4.78 is 0.676. The van der Waals surface area contributed by atoms with Crippen LogP contribution in [-0.2, 0) is 12.6 Å². The summed E-state index contributed by atoms with van der Waals surface area (Å²) in [7, 11) is 0. The van der Waals surface area contributed by atoms with E-state index in [4.69, 9.17) is 0 Å². The molecule has 0 aromatic heterocycles. The molecule has 3 heteroatoms. The molecule has 0 nitrogen and oxygen atoms in total. The molecule has 0 aliphatic rings. The first-order valence-corrected chi connectivity index (χ1v) is 2.67. The van der Waals surface area contributed by atoms with Crippen LogP contribution in [0.4, 0.5) is 0 Å². The Morgan fingerprint density at radius 3 is 1.71 bits per heavy atom. The molecule has 0 heterocycles. The summed E-state index contributed by atoms with van der Waals surface area (Å²) in [4.78, 5) is 0. The van der Waals surface area contributed by atoms with Gasteiger partial charge < -0.3 is 24.8 Å². The number of hydrogen-bond donors (Lipinski definition) is 0. The zero-order valence-electron chi connectivity index (χ0n) is 4.89. The van der Waals surface area contributed by atoms with Crippen molar-refractivity contribution in [3.63, 3.8) is 0 Å². The van der Waals surface area contributed by atoms with E-state index in [0.29, 0.717) is 10.1 Å². The van der Waals surface area contributed by atoms with Gasteiger partial charge in [0.05, 0.1) is 0 Å². The SMILES string of the molecule is CC(C)C(=S)[S-].[K+]. The van der Waals surface area contributed by atoms with Gasteiger partial charge in [-0.2, -0.15) is 0 Å². The third-order valence-electron chi connectivity index (χ3n) is 0.471. The average Bonchev–Trinajstić information content (AvgIpc) is 1.36. The summed E-state index contributed by atoms with van der Waals surface area (Å²) >= 11 is 9.27. The molecule has 0 bridgehead atoms. The first-order valence-electron chi connectivity index (χ1n) is 1.85. The van der Waals surface area contributed by atoms with Crippen molar-refractivity contribution in [2.24, 2.45) is 5.92 Å². The monoisotopic (exact) mass is 158 g/mol. The van der Waals surface area contributed by atoms with Crippen LogP contribution in [-0.4, -0.2) is 4.20 Å². The van der Waals surface area contributed by atoms with Gasteiger partial charge in [0.2, 0.25) is 0 Å². The number of thiocarbonyl (C=S) groups is 1. The summed E-state index contributed by atoms with van der Waals surface area (Å²) in [5, 5.41) is 0. The van der Waals surface area contributed by atoms with Gasteiger partial charge in [-0.3, -0.25) is 0 Å². The van der Waals surface area contributed by atoms with E-state index in [1.165, 1.54) is 0 Å². The van der Waals surface area contributed by atoms with Gasteiger partial charge in [-0.1, -0.05) is 13.8 Å². The van der Waals surface area contributed by atoms with Gasteiger partial charge in [0.1, 0.15) is 0 Å². The molecule has 0 aromatic carbocycles. The van der Waals surface area contributed by atoms with Gasteiger partial charge in [0.25, 0.3) is 0 Å². The van der Waals surface area contributed by atoms with Gasteiger partial charge >= 0.3 is 51.4 Å². The zero-order valence-corrected chi connectivity index (χ0v) is 9.65. The zero-order chi connectivity index (χ0) is 5.15. The molecule has 0 amide bonds. The van der Waals surface area contributed by atoms with Crippen molar-refractivity contribution in [3.05, 3.63) is 0 Å². The maximum Gasteiger partial charge on any atom is 1.00 e. The maximum absolute atomic E-state index is 4.63. The minimum absolute atomic E-state index is 0. The van der Waals surface area contributed by atoms with Crippen LogP contribution in [0.5, 0.6) is 0 Å². The van der Waals surface area contributed by atoms with E-state index in [1.807, 2.05) is 13.8 Å². The van der Waals surface area contributed by atoms with Crippen molar-refractivity contribution in [1.29, 1.82) is 0 Å². The summed E-state index contributed by atoms with van der Waals surface area (Å²) in [5.41, 5.74) is 0. The van der Waals surface area contributed by atoms with Crippen molar-refractivity contribution in [2.75, 3.05) is 0 Å². The molecule has 0 aliphatic heterocycles. The first kappa shape index (κ1) is 11.7. The summed E-state index contributed by atoms with van der Waals surface area (Å²) in [6.45, 7) is 3.99. The van der Waals surface area contributed by atoms with Crippen LogP contribution in [0, 0.1) is 5.92 Å². The Bertz CT molecular complexity index is 60.7. The standard InChI is InChI=1S/C4H8S2.K/c1-3(2)4(5)6;/h3H,1-2H3,(H,5,6);/q;+1/p-1. The Labute approximate surface area is 98.3 Å². The van der Waals surface area contributed by atoms with E-state index >= 15 is 0 Å². The Balaban J connectivity index is 0. The van der Waals surface area contributed by atoms with E-state index in [2.05, 4.69) is 24.8 Å². The molecule has 7 heavy (non-hydrogen) atoms. The van der Waals surface area contributed by atoms with E-state index in [9.17, 15) is 0 Å². The minimum atomic E-state index is 0. The van der Waals surface area contributed by atoms with Gasteiger partial charge in [0, 0.05) is 0 Å². The number of hydrogen-bond acceptors (Lipinski definition) is 2. The summed E-state index contributed by atoms with van der Waals surface area (Å²) in [6.07, 6.45) is 0. The molecule has 0 radical (unpaired) electrons. The molecule has 36 valence electrons. The topological polar surface area (TPSA) is 0 Å². The molecule has 0 fully saturated rings. The van der Waals surface area contributed by atoms with Crippen molar-refractivity contribution in [2.45, 2.75) is 13.8 Å². The second kappa shape index (κ2) is 6.07. The van der Waals surface area contributed by atoms with Crippen molar-refractivity contribution >= 4 is 29.0 Å². The Morgan fingerprint density at radius 1 is 1.57 bits per heavy atom. The molecule has 0 spiro atoms. The molecule has 0 atom stereocenters. The van der Waals surface area contributed by atoms with Crippen molar-refractivity contribution < 1.29 is 51.4 Å². The van der Waals surface area contributed by atoms with Crippen LogP contribution >= 0.6 is 12.2 Å². The second-order valence-electron chi connectivity index (χ2n) is 1.47. The van der Waals surface area contributed by atoms with E-state index in [1.54, 1.807) is 0 Å². The molecular weight excluding hydrogens is 151 g/mol.